The van der Waals surface area contributed by atoms with E-state index in [1.54, 1.807) is 0 Å². The molecule has 0 bridgehead atoms. The van der Waals surface area contributed by atoms with Crippen molar-refractivity contribution in [3.05, 3.63) is 27.7 Å². The zero-order valence-corrected chi connectivity index (χ0v) is 18.0. The molecule has 0 saturated carbocycles. The largest absolute Gasteiger partial charge is 0.434 e. The summed E-state index contributed by atoms with van der Waals surface area (Å²) >= 11 is 0.954. The molecule has 1 aliphatic heterocycles. The quantitative estimate of drug-likeness (QED) is 0.372. The predicted octanol–water partition coefficient (Wildman–Crippen LogP) is 3.27. The second kappa shape index (κ2) is 9.17. The van der Waals surface area contributed by atoms with Gasteiger partial charge in [0, 0.05) is 18.5 Å². The lowest BCUT2D eigenvalue weighted by molar-refractivity contribution is -0.140. The first-order valence-corrected chi connectivity index (χ1v) is 9.22. The van der Waals surface area contributed by atoms with Crippen LogP contribution in [0.5, 0.6) is 0 Å². The highest BCUT2D eigenvalue weighted by Crippen LogP contribution is 2.30. The van der Waals surface area contributed by atoms with Crippen LogP contribution in [0.3, 0.4) is 0 Å². The van der Waals surface area contributed by atoms with Gasteiger partial charge in [-0.2, -0.15) is 18.3 Å². The molecule has 3 rings (SSSR count). The maximum absolute atomic E-state index is 12.6. The summed E-state index contributed by atoms with van der Waals surface area (Å²) in [7, 11) is 0. The number of nitrogens with zero attached hydrogens (tertiary/aromatic N) is 5. The van der Waals surface area contributed by atoms with Gasteiger partial charge >= 0.3 is 6.18 Å². The number of guanidine groups is 1. The summed E-state index contributed by atoms with van der Waals surface area (Å²) < 4.78 is 39.8. The van der Waals surface area contributed by atoms with Gasteiger partial charge in [-0.3, -0.25) is 0 Å². The van der Waals surface area contributed by atoms with Crippen molar-refractivity contribution in [2.24, 2.45) is 4.99 Å². The number of nitrogens with one attached hydrogen (secondary N) is 2. The van der Waals surface area contributed by atoms with E-state index in [0.29, 0.717) is 17.5 Å². The van der Waals surface area contributed by atoms with Crippen molar-refractivity contribution >= 4 is 41.3 Å². The Labute approximate surface area is 175 Å². The molecule has 1 unspecified atom stereocenters. The van der Waals surface area contributed by atoms with Crippen LogP contribution in [0.2, 0.25) is 0 Å². The third-order valence-corrected chi connectivity index (χ3v) is 4.68. The monoisotopic (exact) mass is 515 g/mol. The van der Waals surface area contributed by atoms with Crippen molar-refractivity contribution in [1.82, 2.24) is 30.4 Å². The van der Waals surface area contributed by atoms with E-state index in [2.05, 4.69) is 30.7 Å². The Balaban J connectivity index is 0.00000261. The van der Waals surface area contributed by atoms with Crippen LogP contribution in [0.4, 0.5) is 13.2 Å². The molecule has 2 N–H and O–H groups in total. The number of fused-ring (bicyclic) bond motifs is 1. The second-order valence-corrected chi connectivity index (χ2v) is 6.84. The molecule has 0 fully saturated rings. The van der Waals surface area contributed by atoms with Crippen molar-refractivity contribution in [3.8, 4) is 0 Å². The highest BCUT2D eigenvalue weighted by Gasteiger charge is 2.33. The van der Waals surface area contributed by atoms with Crippen LogP contribution in [0, 0.1) is 6.92 Å². The molecule has 12 heteroatoms. The Bertz CT molecular complexity index is 787. The molecule has 0 aliphatic carbocycles. The normalized spacial score (nSPS) is 17.2. The van der Waals surface area contributed by atoms with Crippen LogP contribution < -0.4 is 10.6 Å². The molecular formula is C15H21F3IN7S. The van der Waals surface area contributed by atoms with E-state index in [9.17, 15) is 13.2 Å². The molecule has 27 heavy (non-hydrogen) atoms. The summed E-state index contributed by atoms with van der Waals surface area (Å²) in [4.78, 5) is 12.4. The minimum absolute atomic E-state index is 0. The number of aryl methyl sites for hydroxylation is 2. The van der Waals surface area contributed by atoms with E-state index in [1.807, 2.05) is 18.5 Å². The lowest BCUT2D eigenvalue weighted by Crippen LogP contribution is -2.41. The number of aliphatic imine (C=N–C) groups is 1. The van der Waals surface area contributed by atoms with Gasteiger partial charge in [0.25, 0.3) is 0 Å². The SMILES string of the molecule is CCNC(=NCc1nc(C(F)(F)F)cs1)NC1CCCn2nc(C)nc21.I. The molecule has 0 spiro atoms. The molecule has 0 aromatic carbocycles. The molecule has 1 aliphatic rings. The number of alkyl halides is 3. The van der Waals surface area contributed by atoms with Gasteiger partial charge in [-0.05, 0) is 26.7 Å². The van der Waals surface area contributed by atoms with Crippen molar-refractivity contribution < 1.29 is 13.2 Å². The number of hydrogen-bond donors (Lipinski definition) is 2. The van der Waals surface area contributed by atoms with Gasteiger partial charge in [0.1, 0.15) is 16.7 Å². The fraction of sp³-hybridized carbons (Fsp3) is 0.600. The Morgan fingerprint density at radius 2 is 2.19 bits per heavy atom. The Kier molecular flexibility index (Phi) is 7.42. The summed E-state index contributed by atoms with van der Waals surface area (Å²) in [6.45, 7) is 5.32. The van der Waals surface area contributed by atoms with Gasteiger partial charge in [0.2, 0.25) is 0 Å². The molecule has 0 amide bonds. The average molecular weight is 515 g/mol. The van der Waals surface area contributed by atoms with E-state index < -0.39 is 11.9 Å². The Hall–Kier alpha value is -1.44. The van der Waals surface area contributed by atoms with Crippen molar-refractivity contribution in [3.63, 3.8) is 0 Å². The van der Waals surface area contributed by atoms with E-state index in [4.69, 9.17) is 0 Å². The van der Waals surface area contributed by atoms with Gasteiger partial charge in [-0.1, -0.05) is 0 Å². The van der Waals surface area contributed by atoms with Gasteiger partial charge < -0.3 is 10.6 Å². The second-order valence-electron chi connectivity index (χ2n) is 5.90. The number of aromatic nitrogens is 4. The fourth-order valence-corrected chi connectivity index (χ4v) is 3.47. The maximum atomic E-state index is 12.6. The van der Waals surface area contributed by atoms with Crippen molar-refractivity contribution in [2.45, 2.75) is 52.0 Å². The van der Waals surface area contributed by atoms with Crippen LogP contribution >= 0.6 is 35.3 Å². The van der Waals surface area contributed by atoms with Crippen LogP contribution in [0.25, 0.3) is 0 Å². The lowest BCUT2D eigenvalue weighted by Gasteiger charge is -2.24. The zero-order chi connectivity index (χ0) is 18.7. The highest BCUT2D eigenvalue weighted by atomic mass is 127. The van der Waals surface area contributed by atoms with E-state index >= 15 is 0 Å². The molecule has 0 radical (unpaired) electrons. The van der Waals surface area contributed by atoms with Crippen LogP contribution in [-0.2, 0) is 19.3 Å². The third kappa shape index (κ3) is 5.53. The molecule has 2 aromatic rings. The van der Waals surface area contributed by atoms with E-state index in [1.165, 1.54) is 0 Å². The molecule has 1 atom stereocenters. The van der Waals surface area contributed by atoms with Gasteiger partial charge in [0.05, 0.1) is 12.6 Å². The van der Waals surface area contributed by atoms with Crippen molar-refractivity contribution in [1.29, 1.82) is 0 Å². The van der Waals surface area contributed by atoms with Crippen molar-refractivity contribution in [2.75, 3.05) is 6.54 Å². The topological polar surface area (TPSA) is 80.0 Å². The summed E-state index contributed by atoms with van der Waals surface area (Å²) in [6.07, 6.45) is -2.57. The Morgan fingerprint density at radius 1 is 1.41 bits per heavy atom. The summed E-state index contributed by atoms with van der Waals surface area (Å²) in [6, 6.07) is -0.0372. The maximum Gasteiger partial charge on any atom is 0.434 e. The van der Waals surface area contributed by atoms with Crippen LogP contribution in [0.1, 0.15) is 48.2 Å². The van der Waals surface area contributed by atoms with Gasteiger partial charge in [-0.15, -0.1) is 35.3 Å². The fourth-order valence-electron chi connectivity index (χ4n) is 2.75. The molecule has 150 valence electrons. The molecule has 7 nitrogen and oxygen atoms in total. The minimum Gasteiger partial charge on any atom is -0.357 e. The number of halogens is 4. The van der Waals surface area contributed by atoms with Gasteiger partial charge in [0.15, 0.2) is 11.7 Å². The summed E-state index contributed by atoms with van der Waals surface area (Å²) in [5.74, 6) is 2.10. The Morgan fingerprint density at radius 3 is 2.85 bits per heavy atom. The number of thiazole rings is 1. The molecule has 2 aromatic heterocycles. The lowest BCUT2D eigenvalue weighted by atomic mass is 10.1. The summed E-state index contributed by atoms with van der Waals surface area (Å²) in [5, 5.41) is 12.1. The summed E-state index contributed by atoms with van der Waals surface area (Å²) in [5.41, 5.74) is -0.874. The first-order chi connectivity index (χ1) is 12.4. The van der Waals surface area contributed by atoms with Gasteiger partial charge in [-0.25, -0.2) is 19.6 Å². The van der Waals surface area contributed by atoms with E-state index in [0.717, 1.165) is 47.8 Å². The van der Waals surface area contributed by atoms with Crippen LogP contribution in [-0.4, -0.2) is 32.3 Å². The minimum atomic E-state index is -4.43. The predicted molar refractivity (Wildman–Crippen MR) is 107 cm³/mol. The highest BCUT2D eigenvalue weighted by molar-refractivity contribution is 14.0. The van der Waals surface area contributed by atoms with E-state index in [-0.39, 0.29) is 36.6 Å². The molecule has 3 heterocycles. The number of rotatable bonds is 4. The number of hydrogen-bond acceptors (Lipinski definition) is 5. The average Bonchev–Trinajstić information content (AvgIpc) is 3.18. The standard InChI is InChI=1S/C15H20F3N7S.HI/c1-3-19-14(20-7-12-23-11(8-26-12)15(16,17)18)22-10-5-4-6-25-13(10)21-9(2)24-25;/h8,10H,3-7H2,1-2H3,(H2,19,20,22);1H. The molecular weight excluding hydrogens is 494 g/mol. The first-order valence-electron chi connectivity index (χ1n) is 8.34. The molecule has 0 saturated heterocycles. The zero-order valence-electron chi connectivity index (χ0n) is 14.9. The third-order valence-electron chi connectivity index (χ3n) is 3.85. The smallest absolute Gasteiger partial charge is 0.357 e. The first kappa shape index (κ1) is 21.9. The van der Waals surface area contributed by atoms with Crippen LogP contribution in [0.15, 0.2) is 10.4 Å².